The minimum atomic E-state index is 0.352. The van der Waals surface area contributed by atoms with Crippen LogP contribution in [-0.2, 0) is 0 Å². The molecule has 1 unspecified atom stereocenters. The van der Waals surface area contributed by atoms with Crippen LogP contribution in [0.5, 0.6) is 0 Å². The van der Waals surface area contributed by atoms with Gasteiger partial charge in [-0.05, 0) is 44.5 Å². The number of hydrogen-bond donors (Lipinski definition) is 1. The molecule has 4 heteroatoms. The lowest BCUT2D eigenvalue weighted by atomic mass is 10.1. The van der Waals surface area contributed by atoms with Gasteiger partial charge < -0.3 is 9.73 Å². The van der Waals surface area contributed by atoms with Gasteiger partial charge in [-0.25, -0.2) is 0 Å². The average Bonchev–Trinajstić information content (AvgIpc) is 2.87. The van der Waals surface area contributed by atoms with E-state index in [1.807, 2.05) is 19.2 Å². The monoisotopic (exact) mass is 290 g/mol. The minimum absolute atomic E-state index is 0.352. The molecule has 0 aliphatic heterocycles. The van der Waals surface area contributed by atoms with E-state index in [9.17, 15) is 0 Å². The Kier molecular flexibility index (Phi) is 5.68. The molecule has 2 rings (SSSR count). The Hall–Kier alpha value is -1.26. The fourth-order valence-corrected chi connectivity index (χ4v) is 2.85. The van der Waals surface area contributed by atoms with Crippen molar-refractivity contribution in [2.45, 2.75) is 49.4 Å². The van der Waals surface area contributed by atoms with E-state index in [4.69, 9.17) is 4.42 Å². The Morgan fingerprint density at radius 2 is 2.15 bits per heavy atom. The molecule has 0 fully saturated rings. The van der Waals surface area contributed by atoms with Gasteiger partial charge >= 0.3 is 0 Å². The van der Waals surface area contributed by atoms with Crippen molar-refractivity contribution in [3.05, 3.63) is 42.1 Å². The van der Waals surface area contributed by atoms with Gasteiger partial charge in [-0.15, -0.1) is 0 Å². The molecule has 0 aliphatic carbocycles. The van der Waals surface area contributed by atoms with Gasteiger partial charge in [0.05, 0.1) is 16.9 Å². The molecule has 2 heterocycles. The van der Waals surface area contributed by atoms with Crippen LogP contribution in [0, 0.1) is 6.92 Å². The molecule has 0 spiro atoms. The van der Waals surface area contributed by atoms with Crippen LogP contribution in [0.25, 0.3) is 0 Å². The van der Waals surface area contributed by atoms with Crippen molar-refractivity contribution in [3.8, 4) is 0 Å². The summed E-state index contributed by atoms with van der Waals surface area (Å²) in [5.41, 5.74) is 1.12. The van der Waals surface area contributed by atoms with Gasteiger partial charge in [-0.3, -0.25) is 4.98 Å². The number of pyridine rings is 1. The van der Waals surface area contributed by atoms with Crippen molar-refractivity contribution < 1.29 is 4.42 Å². The Morgan fingerprint density at radius 3 is 2.70 bits per heavy atom. The van der Waals surface area contributed by atoms with Crippen LogP contribution in [0.4, 0.5) is 0 Å². The average molecular weight is 290 g/mol. The molecule has 108 valence electrons. The first-order valence-corrected chi connectivity index (χ1v) is 7.97. The van der Waals surface area contributed by atoms with Crippen molar-refractivity contribution in [1.29, 1.82) is 0 Å². The minimum Gasteiger partial charge on any atom is -0.468 e. The van der Waals surface area contributed by atoms with E-state index in [0.717, 1.165) is 40.6 Å². The third kappa shape index (κ3) is 3.87. The third-order valence-corrected chi connectivity index (χ3v) is 4.32. The second-order valence-electron chi connectivity index (χ2n) is 4.78. The summed E-state index contributed by atoms with van der Waals surface area (Å²) in [6, 6.07) is 6.60. The normalized spacial score (nSPS) is 12.6. The molecule has 1 N–H and O–H groups in total. The first-order valence-electron chi connectivity index (χ1n) is 7.15. The molecule has 2 aromatic heterocycles. The van der Waals surface area contributed by atoms with Crippen molar-refractivity contribution in [3.63, 3.8) is 0 Å². The van der Waals surface area contributed by atoms with Crippen molar-refractivity contribution in [2.24, 2.45) is 0 Å². The molecule has 0 aliphatic rings. The summed E-state index contributed by atoms with van der Waals surface area (Å²) in [6.45, 7) is 7.38. The van der Waals surface area contributed by atoms with Gasteiger partial charge in [0.1, 0.15) is 5.76 Å². The second-order valence-corrected chi connectivity index (χ2v) is 5.89. The summed E-state index contributed by atoms with van der Waals surface area (Å²) in [5.74, 6) is 0.954. The number of furan rings is 1. The highest BCUT2D eigenvalue weighted by Gasteiger charge is 2.10. The molecular weight excluding hydrogens is 268 g/mol. The molecule has 0 radical (unpaired) electrons. The quantitative estimate of drug-likeness (QED) is 0.809. The fraction of sp³-hybridized carbons (Fsp3) is 0.438. The smallest absolute Gasteiger partial charge is 0.114 e. The van der Waals surface area contributed by atoms with Gasteiger partial charge in [0.2, 0.25) is 0 Å². The summed E-state index contributed by atoms with van der Waals surface area (Å²) in [4.78, 5) is 6.89. The molecule has 0 saturated carbocycles. The van der Waals surface area contributed by atoms with E-state index >= 15 is 0 Å². The van der Waals surface area contributed by atoms with Crippen LogP contribution in [0.2, 0.25) is 0 Å². The predicted octanol–water partition coefficient (Wildman–Crippen LogP) is 4.58. The van der Waals surface area contributed by atoms with Crippen LogP contribution in [0.3, 0.4) is 0 Å². The number of nitrogens with one attached hydrogen (secondary N) is 1. The molecule has 0 bridgehead atoms. The summed E-state index contributed by atoms with van der Waals surface area (Å²) in [6.07, 6.45) is 5.87. The zero-order chi connectivity index (χ0) is 14.4. The summed E-state index contributed by atoms with van der Waals surface area (Å²) >= 11 is 1.69. The number of aromatic nitrogens is 1. The first-order chi connectivity index (χ1) is 9.74. The van der Waals surface area contributed by atoms with Crippen molar-refractivity contribution >= 4 is 11.8 Å². The molecular formula is C16H22N2OS. The predicted molar refractivity (Wildman–Crippen MR) is 83.1 cm³/mol. The maximum absolute atomic E-state index is 5.31. The largest absolute Gasteiger partial charge is 0.468 e. The van der Waals surface area contributed by atoms with E-state index in [-0.39, 0.29) is 0 Å². The number of aryl methyl sites for hydroxylation is 1. The lowest BCUT2D eigenvalue weighted by Crippen LogP contribution is -2.22. The highest BCUT2D eigenvalue weighted by molar-refractivity contribution is 7.99. The van der Waals surface area contributed by atoms with Gasteiger partial charge in [-0.1, -0.05) is 25.6 Å². The lowest BCUT2D eigenvalue weighted by molar-refractivity contribution is 0.507. The number of nitrogens with zero attached hydrogens (tertiary/aromatic N) is 1. The van der Waals surface area contributed by atoms with E-state index < -0.39 is 0 Å². The Labute approximate surface area is 125 Å². The van der Waals surface area contributed by atoms with Gasteiger partial charge in [-0.2, -0.15) is 0 Å². The fourth-order valence-electron chi connectivity index (χ4n) is 2.04. The summed E-state index contributed by atoms with van der Waals surface area (Å²) in [7, 11) is 0. The molecule has 1 atom stereocenters. The highest BCUT2D eigenvalue weighted by Crippen LogP contribution is 2.30. The SMILES string of the molecule is CCCNC(CC)c1ccc(Sc2ccoc2C)cn1. The van der Waals surface area contributed by atoms with Crippen LogP contribution in [0.15, 0.2) is 44.9 Å². The highest BCUT2D eigenvalue weighted by atomic mass is 32.2. The van der Waals surface area contributed by atoms with Crippen molar-refractivity contribution in [2.75, 3.05) is 6.54 Å². The van der Waals surface area contributed by atoms with Crippen molar-refractivity contribution in [1.82, 2.24) is 10.3 Å². The number of rotatable bonds is 7. The lowest BCUT2D eigenvalue weighted by Gasteiger charge is -2.16. The van der Waals surface area contributed by atoms with E-state index in [2.05, 4.69) is 36.3 Å². The molecule has 0 saturated heterocycles. The molecule has 0 amide bonds. The molecule has 2 aromatic rings. The van der Waals surface area contributed by atoms with Gasteiger partial charge in [0, 0.05) is 17.1 Å². The number of hydrogen-bond acceptors (Lipinski definition) is 4. The van der Waals surface area contributed by atoms with E-state index in [0.29, 0.717) is 6.04 Å². The van der Waals surface area contributed by atoms with Crippen LogP contribution in [-0.4, -0.2) is 11.5 Å². The standard InChI is InChI=1S/C16H22N2OS/c1-4-9-17-14(5-2)15-7-6-13(11-18-15)20-16-8-10-19-12(16)3/h6-8,10-11,14,17H,4-5,9H2,1-3H3. The summed E-state index contributed by atoms with van der Waals surface area (Å²) < 4.78 is 5.31. The molecule has 0 aromatic carbocycles. The Bertz CT molecular complexity index is 522. The second kappa shape index (κ2) is 7.50. The molecule has 3 nitrogen and oxygen atoms in total. The summed E-state index contributed by atoms with van der Waals surface area (Å²) in [5, 5.41) is 3.53. The Morgan fingerprint density at radius 1 is 1.30 bits per heavy atom. The third-order valence-electron chi connectivity index (χ3n) is 3.20. The first kappa shape index (κ1) is 15.1. The zero-order valence-electron chi connectivity index (χ0n) is 12.3. The van der Waals surface area contributed by atoms with Gasteiger partial charge in [0.25, 0.3) is 0 Å². The zero-order valence-corrected chi connectivity index (χ0v) is 13.2. The van der Waals surface area contributed by atoms with Gasteiger partial charge in [0.15, 0.2) is 0 Å². The maximum Gasteiger partial charge on any atom is 0.114 e. The van der Waals surface area contributed by atoms with Crippen LogP contribution in [0.1, 0.15) is 44.2 Å². The maximum atomic E-state index is 5.31. The molecule has 20 heavy (non-hydrogen) atoms. The Balaban J connectivity index is 2.03. The van der Waals surface area contributed by atoms with Crippen LogP contribution < -0.4 is 5.32 Å². The van der Waals surface area contributed by atoms with E-state index in [1.165, 1.54) is 0 Å². The van der Waals surface area contributed by atoms with E-state index in [1.54, 1.807) is 18.0 Å². The van der Waals surface area contributed by atoms with Crippen LogP contribution >= 0.6 is 11.8 Å². The topological polar surface area (TPSA) is 38.1 Å².